The van der Waals surface area contributed by atoms with Crippen LogP contribution in [0.1, 0.15) is 27.7 Å². The van der Waals surface area contributed by atoms with Crippen molar-refractivity contribution in [1.82, 2.24) is 4.90 Å². The maximum Gasteiger partial charge on any atom is 0.417 e. The van der Waals surface area contributed by atoms with Crippen molar-refractivity contribution in [2.24, 2.45) is 5.41 Å². The lowest BCUT2D eigenvalue weighted by atomic mass is 9.93. The third-order valence-corrected chi connectivity index (χ3v) is 2.59. The lowest BCUT2D eigenvalue weighted by Gasteiger charge is -2.33. The van der Waals surface area contributed by atoms with Crippen molar-refractivity contribution in [2.45, 2.75) is 33.9 Å². The molecule has 1 rings (SSSR count). The third-order valence-electron chi connectivity index (χ3n) is 2.59. The number of methoxy groups -OCH3 is 2. The number of carbonyl (C=O) groups is 2. The highest BCUT2D eigenvalue weighted by Crippen LogP contribution is 2.37. The van der Waals surface area contributed by atoms with E-state index in [9.17, 15) is 9.59 Å². The van der Waals surface area contributed by atoms with Gasteiger partial charge in [-0.3, -0.25) is 0 Å². The molecule has 1 amide bonds. The molecule has 0 aliphatic carbocycles. The molecule has 0 aromatic rings. The first kappa shape index (κ1) is 14.3. The highest BCUT2D eigenvalue weighted by Gasteiger charge is 2.46. The van der Waals surface area contributed by atoms with Gasteiger partial charge in [0.2, 0.25) is 0 Å². The van der Waals surface area contributed by atoms with E-state index in [2.05, 4.69) is 4.74 Å². The van der Waals surface area contributed by atoms with Crippen LogP contribution in [0, 0.1) is 5.41 Å². The predicted octanol–water partition coefficient (Wildman–Crippen LogP) is 1.86. The number of hydrogen-bond acceptors (Lipinski definition) is 5. The number of carbonyl (C=O) groups excluding carboxylic acids is 2. The van der Waals surface area contributed by atoms with E-state index in [0.29, 0.717) is 5.76 Å². The minimum atomic E-state index is -0.646. The highest BCUT2D eigenvalue weighted by molar-refractivity contribution is 5.93. The Morgan fingerprint density at radius 2 is 1.78 bits per heavy atom. The zero-order valence-corrected chi connectivity index (χ0v) is 11.6. The average molecular weight is 257 g/mol. The number of hydrogen-bond donors (Lipinski definition) is 0. The van der Waals surface area contributed by atoms with Crippen molar-refractivity contribution >= 4 is 12.1 Å². The van der Waals surface area contributed by atoms with Gasteiger partial charge in [0.1, 0.15) is 5.76 Å². The molecular weight excluding hydrogens is 238 g/mol. The molecule has 0 spiro atoms. The maximum atomic E-state index is 11.8. The summed E-state index contributed by atoms with van der Waals surface area (Å²) in [5, 5.41) is 0. The van der Waals surface area contributed by atoms with Gasteiger partial charge in [0.05, 0.1) is 14.2 Å². The number of ether oxygens (including phenoxy) is 3. The fourth-order valence-corrected chi connectivity index (χ4v) is 1.75. The monoisotopic (exact) mass is 257 g/mol. The summed E-state index contributed by atoms with van der Waals surface area (Å²) in [6, 6.07) is 0. The minimum absolute atomic E-state index is 0.0873. The van der Waals surface area contributed by atoms with Crippen LogP contribution in [-0.2, 0) is 19.0 Å². The Labute approximate surface area is 106 Å². The van der Waals surface area contributed by atoms with E-state index in [4.69, 9.17) is 9.47 Å². The fourth-order valence-electron chi connectivity index (χ4n) is 1.75. The topological polar surface area (TPSA) is 65.1 Å². The molecule has 102 valence electrons. The lowest BCUT2D eigenvalue weighted by molar-refractivity contribution is -0.138. The van der Waals surface area contributed by atoms with E-state index in [1.807, 2.05) is 20.8 Å². The van der Waals surface area contributed by atoms with Crippen LogP contribution < -0.4 is 0 Å². The summed E-state index contributed by atoms with van der Waals surface area (Å²) >= 11 is 0. The van der Waals surface area contributed by atoms with Crippen molar-refractivity contribution < 1.29 is 23.8 Å². The Morgan fingerprint density at radius 1 is 1.22 bits per heavy atom. The van der Waals surface area contributed by atoms with Crippen LogP contribution in [0.15, 0.2) is 11.5 Å². The van der Waals surface area contributed by atoms with E-state index < -0.39 is 18.3 Å². The van der Waals surface area contributed by atoms with Gasteiger partial charge in [-0.05, 0) is 6.92 Å². The van der Waals surface area contributed by atoms with Crippen LogP contribution in [0.4, 0.5) is 4.79 Å². The standard InChI is InChI=1S/C12H19NO5/c1-7-8(9(14)16-5)13(11(15)17-6)10(18-7)12(2,3)4/h10H,1-6H3. The molecule has 6 heteroatoms. The fraction of sp³-hybridized carbons (Fsp3) is 0.667. The zero-order valence-electron chi connectivity index (χ0n) is 11.6. The summed E-state index contributed by atoms with van der Waals surface area (Å²) in [6.07, 6.45) is -1.24. The minimum Gasteiger partial charge on any atom is -0.472 e. The highest BCUT2D eigenvalue weighted by atomic mass is 16.6. The molecule has 0 saturated heterocycles. The summed E-state index contributed by atoms with van der Waals surface area (Å²) in [5.41, 5.74) is -0.283. The number of rotatable bonds is 1. The number of allylic oxidation sites excluding steroid dienone is 1. The maximum absolute atomic E-state index is 11.8. The van der Waals surface area contributed by atoms with Gasteiger partial charge in [-0.25, -0.2) is 14.5 Å². The Balaban J connectivity index is 3.20. The van der Waals surface area contributed by atoms with Crippen molar-refractivity contribution in [3.63, 3.8) is 0 Å². The Bertz CT molecular complexity index is 394. The van der Waals surface area contributed by atoms with Crippen molar-refractivity contribution in [3.8, 4) is 0 Å². The molecule has 1 heterocycles. The predicted molar refractivity (Wildman–Crippen MR) is 63.3 cm³/mol. The SMILES string of the molecule is COC(=O)C1=C(C)OC(C(C)(C)C)N1C(=O)OC. The van der Waals surface area contributed by atoms with Crippen LogP contribution in [0.25, 0.3) is 0 Å². The van der Waals surface area contributed by atoms with Crippen LogP contribution in [0.5, 0.6) is 0 Å². The molecule has 0 aromatic carbocycles. The zero-order chi connectivity index (χ0) is 14.1. The summed E-state index contributed by atoms with van der Waals surface area (Å²) in [4.78, 5) is 24.7. The van der Waals surface area contributed by atoms with E-state index >= 15 is 0 Å². The molecule has 1 aliphatic heterocycles. The van der Waals surface area contributed by atoms with E-state index in [-0.39, 0.29) is 11.1 Å². The van der Waals surface area contributed by atoms with Crippen molar-refractivity contribution in [2.75, 3.05) is 14.2 Å². The van der Waals surface area contributed by atoms with Gasteiger partial charge >= 0.3 is 12.1 Å². The molecule has 18 heavy (non-hydrogen) atoms. The third kappa shape index (κ3) is 2.42. The van der Waals surface area contributed by atoms with Crippen LogP contribution in [-0.4, -0.2) is 37.4 Å². The van der Waals surface area contributed by atoms with Gasteiger partial charge in [0.25, 0.3) is 0 Å². The molecule has 6 nitrogen and oxygen atoms in total. The smallest absolute Gasteiger partial charge is 0.417 e. The van der Waals surface area contributed by atoms with Crippen molar-refractivity contribution in [1.29, 1.82) is 0 Å². The number of esters is 1. The average Bonchev–Trinajstić information content (AvgIpc) is 2.64. The molecule has 0 fully saturated rings. The molecule has 0 bridgehead atoms. The molecule has 0 radical (unpaired) electrons. The summed E-state index contributed by atoms with van der Waals surface area (Å²) in [6.45, 7) is 7.33. The second-order valence-corrected chi connectivity index (χ2v) is 5.07. The van der Waals surface area contributed by atoms with Gasteiger partial charge in [-0.1, -0.05) is 20.8 Å². The second kappa shape index (κ2) is 4.88. The first-order valence-electron chi connectivity index (χ1n) is 5.57. The van der Waals surface area contributed by atoms with E-state index in [0.717, 1.165) is 0 Å². The summed E-state index contributed by atoms with van der Waals surface area (Å²) < 4.78 is 15.0. The van der Waals surface area contributed by atoms with Crippen LogP contribution in [0.2, 0.25) is 0 Å². The summed E-state index contributed by atoms with van der Waals surface area (Å²) in [5.74, 6) is -0.267. The Morgan fingerprint density at radius 3 is 2.17 bits per heavy atom. The Hall–Kier alpha value is -1.72. The van der Waals surface area contributed by atoms with E-state index in [1.165, 1.54) is 19.1 Å². The molecule has 1 atom stereocenters. The Kier molecular flexibility index (Phi) is 3.88. The molecular formula is C12H19NO5. The van der Waals surface area contributed by atoms with Gasteiger partial charge in [0, 0.05) is 5.41 Å². The normalized spacial score (nSPS) is 19.7. The largest absolute Gasteiger partial charge is 0.472 e. The molecule has 0 aromatic heterocycles. The van der Waals surface area contributed by atoms with Gasteiger partial charge < -0.3 is 14.2 Å². The molecule has 0 saturated carbocycles. The quantitative estimate of drug-likeness (QED) is 0.671. The second-order valence-electron chi connectivity index (χ2n) is 5.07. The van der Waals surface area contributed by atoms with E-state index in [1.54, 1.807) is 6.92 Å². The molecule has 0 N–H and O–H groups in total. The van der Waals surface area contributed by atoms with Gasteiger partial charge in [-0.2, -0.15) is 0 Å². The first-order chi connectivity index (χ1) is 8.23. The lowest BCUT2D eigenvalue weighted by Crippen LogP contribution is -2.45. The molecule has 1 aliphatic rings. The van der Waals surface area contributed by atoms with Crippen LogP contribution >= 0.6 is 0 Å². The molecule has 1 unspecified atom stereocenters. The van der Waals surface area contributed by atoms with Gasteiger partial charge in [0.15, 0.2) is 11.9 Å². The van der Waals surface area contributed by atoms with Crippen LogP contribution in [0.3, 0.4) is 0 Å². The number of nitrogens with zero attached hydrogens (tertiary/aromatic N) is 1. The van der Waals surface area contributed by atoms with Gasteiger partial charge in [-0.15, -0.1) is 0 Å². The summed E-state index contributed by atoms with van der Waals surface area (Å²) in [7, 11) is 2.51. The first-order valence-corrected chi connectivity index (χ1v) is 5.57. The van der Waals surface area contributed by atoms with Crippen molar-refractivity contribution in [3.05, 3.63) is 11.5 Å². The number of amides is 1.